The van der Waals surface area contributed by atoms with Gasteiger partial charge in [-0.05, 0) is 25.0 Å². The normalized spacial score (nSPS) is 13.4. The van der Waals surface area contributed by atoms with E-state index in [1.165, 1.54) is 0 Å². The van der Waals surface area contributed by atoms with Crippen molar-refractivity contribution in [3.05, 3.63) is 29.3 Å². The van der Waals surface area contributed by atoms with Gasteiger partial charge in [-0.2, -0.15) is 0 Å². The number of benzene rings is 1. The molecule has 0 aliphatic rings. The van der Waals surface area contributed by atoms with E-state index in [0.29, 0.717) is 6.61 Å². The standard InChI is InChI=1S/C12H19NO3S/c1-9(8-17(13,14)15)7-16-12-10(2)5-4-6-11(12)3/h4-6,9H,7-8H2,1-3H3,(H2,13,14,15). The molecular formula is C12H19NO3S. The molecule has 0 aliphatic heterocycles. The molecule has 1 aromatic carbocycles. The van der Waals surface area contributed by atoms with Gasteiger partial charge in [0.05, 0.1) is 12.4 Å². The van der Waals surface area contributed by atoms with Crippen molar-refractivity contribution in [1.82, 2.24) is 0 Å². The molecule has 0 fully saturated rings. The van der Waals surface area contributed by atoms with Crippen LogP contribution in [0.5, 0.6) is 5.75 Å². The molecule has 1 rings (SSSR count). The maximum Gasteiger partial charge on any atom is 0.209 e. The molecule has 0 spiro atoms. The molecule has 17 heavy (non-hydrogen) atoms. The van der Waals surface area contributed by atoms with Crippen molar-refractivity contribution in [3.63, 3.8) is 0 Å². The zero-order valence-electron chi connectivity index (χ0n) is 10.4. The van der Waals surface area contributed by atoms with Gasteiger partial charge in [0.15, 0.2) is 0 Å². The van der Waals surface area contributed by atoms with Crippen molar-refractivity contribution in [2.24, 2.45) is 11.1 Å². The van der Waals surface area contributed by atoms with Gasteiger partial charge in [0.2, 0.25) is 10.0 Å². The number of hydrogen-bond acceptors (Lipinski definition) is 3. The van der Waals surface area contributed by atoms with E-state index < -0.39 is 10.0 Å². The maximum atomic E-state index is 10.9. The maximum absolute atomic E-state index is 10.9. The lowest BCUT2D eigenvalue weighted by atomic mass is 10.1. The van der Waals surface area contributed by atoms with Crippen LogP contribution in [0.3, 0.4) is 0 Å². The third-order valence-electron chi connectivity index (χ3n) is 2.44. The number of aryl methyl sites for hydroxylation is 2. The summed E-state index contributed by atoms with van der Waals surface area (Å²) in [6, 6.07) is 5.89. The highest BCUT2D eigenvalue weighted by Gasteiger charge is 2.12. The Balaban J connectivity index is 2.62. The second-order valence-electron chi connectivity index (χ2n) is 4.47. The fourth-order valence-corrected chi connectivity index (χ4v) is 2.59. The molecule has 0 bridgehead atoms. The summed E-state index contributed by atoms with van der Waals surface area (Å²) in [6.07, 6.45) is 0. The molecule has 1 atom stereocenters. The van der Waals surface area contributed by atoms with Gasteiger partial charge in [0, 0.05) is 5.92 Å². The molecule has 4 nitrogen and oxygen atoms in total. The lowest BCUT2D eigenvalue weighted by Crippen LogP contribution is -2.25. The first kappa shape index (κ1) is 14.0. The summed E-state index contributed by atoms with van der Waals surface area (Å²) in [6.45, 7) is 6.08. The largest absolute Gasteiger partial charge is 0.493 e. The molecule has 5 heteroatoms. The molecule has 0 radical (unpaired) electrons. The minimum Gasteiger partial charge on any atom is -0.493 e. The van der Waals surface area contributed by atoms with E-state index in [1.54, 1.807) is 6.92 Å². The van der Waals surface area contributed by atoms with Crippen LogP contribution in [0, 0.1) is 19.8 Å². The van der Waals surface area contributed by atoms with Crippen molar-refractivity contribution in [3.8, 4) is 5.75 Å². The van der Waals surface area contributed by atoms with Crippen LogP contribution in [0.25, 0.3) is 0 Å². The molecule has 2 N–H and O–H groups in total. The van der Waals surface area contributed by atoms with E-state index in [1.807, 2.05) is 32.0 Å². The first-order chi connectivity index (χ1) is 7.79. The van der Waals surface area contributed by atoms with Crippen molar-refractivity contribution in [2.45, 2.75) is 20.8 Å². The summed E-state index contributed by atoms with van der Waals surface area (Å²) in [4.78, 5) is 0. The summed E-state index contributed by atoms with van der Waals surface area (Å²) in [7, 11) is -3.43. The summed E-state index contributed by atoms with van der Waals surface area (Å²) >= 11 is 0. The third-order valence-corrected chi connectivity index (χ3v) is 3.47. The first-order valence-corrected chi connectivity index (χ1v) is 7.20. The van der Waals surface area contributed by atoms with Crippen LogP contribution in [0.4, 0.5) is 0 Å². The number of primary sulfonamides is 1. The summed E-state index contributed by atoms with van der Waals surface area (Å²) < 4.78 is 27.5. The molecule has 0 aliphatic carbocycles. The van der Waals surface area contributed by atoms with E-state index in [9.17, 15) is 8.42 Å². The van der Waals surface area contributed by atoms with E-state index in [4.69, 9.17) is 9.88 Å². The fraction of sp³-hybridized carbons (Fsp3) is 0.500. The van der Waals surface area contributed by atoms with Crippen LogP contribution in [0.1, 0.15) is 18.1 Å². The van der Waals surface area contributed by atoms with Crippen LogP contribution in [-0.4, -0.2) is 20.8 Å². The van der Waals surface area contributed by atoms with Crippen LogP contribution in [0.15, 0.2) is 18.2 Å². The Labute approximate surface area is 103 Å². The van der Waals surface area contributed by atoms with E-state index >= 15 is 0 Å². The fourth-order valence-electron chi connectivity index (χ4n) is 1.70. The van der Waals surface area contributed by atoms with Crippen molar-refractivity contribution >= 4 is 10.0 Å². The Morgan fingerprint density at radius 1 is 1.29 bits per heavy atom. The predicted octanol–water partition coefficient (Wildman–Crippen LogP) is 1.61. The van der Waals surface area contributed by atoms with Crippen LogP contribution >= 0.6 is 0 Å². The molecule has 1 unspecified atom stereocenters. The van der Waals surface area contributed by atoms with Crippen LogP contribution in [-0.2, 0) is 10.0 Å². The molecular weight excluding hydrogens is 238 g/mol. The van der Waals surface area contributed by atoms with Crippen LogP contribution in [0.2, 0.25) is 0 Å². The second-order valence-corrected chi connectivity index (χ2v) is 6.13. The van der Waals surface area contributed by atoms with Gasteiger partial charge in [-0.25, -0.2) is 13.6 Å². The number of ether oxygens (including phenoxy) is 1. The predicted molar refractivity (Wildman–Crippen MR) is 68.5 cm³/mol. The van der Waals surface area contributed by atoms with Crippen molar-refractivity contribution < 1.29 is 13.2 Å². The SMILES string of the molecule is Cc1cccc(C)c1OCC(C)CS(N)(=O)=O. The molecule has 0 saturated carbocycles. The minimum absolute atomic E-state index is 0.0576. The Morgan fingerprint density at radius 3 is 2.29 bits per heavy atom. The highest BCUT2D eigenvalue weighted by molar-refractivity contribution is 7.89. The average Bonchev–Trinajstić information content (AvgIpc) is 2.14. The number of hydrogen-bond donors (Lipinski definition) is 1. The highest BCUT2D eigenvalue weighted by atomic mass is 32.2. The van der Waals surface area contributed by atoms with Crippen molar-refractivity contribution in [1.29, 1.82) is 0 Å². The van der Waals surface area contributed by atoms with Gasteiger partial charge in [0.1, 0.15) is 5.75 Å². The van der Waals surface area contributed by atoms with E-state index in [0.717, 1.165) is 16.9 Å². The average molecular weight is 257 g/mol. The quantitative estimate of drug-likeness (QED) is 0.871. The van der Waals surface area contributed by atoms with Gasteiger partial charge in [-0.1, -0.05) is 25.1 Å². The number of para-hydroxylation sites is 1. The molecule has 0 amide bonds. The Kier molecular flexibility index (Phi) is 4.54. The smallest absolute Gasteiger partial charge is 0.209 e. The number of sulfonamides is 1. The van der Waals surface area contributed by atoms with Gasteiger partial charge in [-0.15, -0.1) is 0 Å². The summed E-state index contributed by atoms with van der Waals surface area (Å²) in [5.41, 5.74) is 2.10. The monoisotopic (exact) mass is 257 g/mol. The Morgan fingerprint density at radius 2 is 1.82 bits per heavy atom. The second kappa shape index (κ2) is 5.51. The number of nitrogens with two attached hydrogens (primary N) is 1. The zero-order chi connectivity index (χ0) is 13.1. The van der Waals surface area contributed by atoms with Gasteiger partial charge >= 0.3 is 0 Å². The van der Waals surface area contributed by atoms with Gasteiger partial charge in [0.25, 0.3) is 0 Å². The minimum atomic E-state index is -3.43. The lowest BCUT2D eigenvalue weighted by Gasteiger charge is -2.15. The molecule has 1 aromatic rings. The van der Waals surface area contributed by atoms with Gasteiger partial charge in [-0.3, -0.25) is 0 Å². The molecule has 96 valence electrons. The topological polar surface area (TPSA) is 69.4 Å². The Hall–Kier alpha value is -1.07. The molecule has 0 aromatic heterocycles. The molecule has 0 heterocycles. The summed E-state index contributed by atoms with van der Waals surface area (Å²) in [5.74, 6) is 0.649. The highest BCUT2D eigenvalue weighted by Crippen LogP contribution is 2.22. The lowest BCUT2D eigenvalue weighted by molar-refractivity contribution is 0.268. The zero-order valence-corrected chi connectivity index (χ0v) is 11.3. The van der Waals surface area contributed by atoms with E-state index in [2.05, 4.69) is 0 Å². The summed E-state index contributed by atoms with van der Waals surface area (Å²) in [5, 5.41) is 4.98. The Bertz CT molecular complexity index is 462. The third kappa shape index (κ3) is 4.75. The van der Waals surface area contributed by atoms with Crippen molar-refractivity contribution in [2.75, 3.05) is 12.4 Å². The van der Waals surface area contributed by atoms with Crippen LogP contribution < -0.4 is 9.88 Å². The molecule has 0 saturated heterocycles. The van der Waals surface area contributed by atoms with E-state index in [-0.39, 0.29) is 11.7 Å². The van der Waals surface area contributed by atoms with Gasteiger partial charge < -0.3 is 4.74 Å². The first-order valence-electron chi connectivity index (χ1n) is 5.49. The number of rotatable bonds is 5.